The zero-order valence-electron chi connectivity index (χ0n) is 9.58. The summed E-state index contributed by atoms with van der Waals surface area (Å²) in [7, 11) is 0. The Morgan fingerprint density at radius 2 is 1.82 bits per heavy atom. The lowest BCUT2D eigenvalue weighted by molar-refractivity contribution is 0.587. The lowest BCUT2D eigenvalue weighted by Gasteiger charge is -2.10. The molecule has 0 amide bonds. The van der Waals surface area contributed by atoms with Crippen molar-refractivity contribution in [3.63, 3.8) is 0 Å². The molecule has 17 heavy (non-hydrogen) atoms. The Hall–Kier alpha value is -1.84. The van der Waals surface area contributed by atoms with Crippen molar-refractivity contribution in [3.8, 4) is 0 Å². The number of para-hydroxylation sites is 1. The van der Waals surface area contributed by atoms with Crippen LogP contribution in [-0.4, -0.2) is 4.57 Å². The van der Waals surface area contributed by atoms with Crippen molar-refractivity contribution >= 4 is 5.69 Å². The van der Waals surface area contributed by atoms with Crippen LogP contribution in [0.5, 0.6) is 0 Å². The van der Waals surface area contributed by atoms with Gasteiger partial charge in [-0.05, 0) is 31.2 Å². The summed E-state index contributed by atoms with van der Waals surface area (Å²) in [5.41, 5.74) is 0.923. The minimum atomic E-state index is -0.570. The highest BCUT2D eigenvalue weighted by atomic mass is 19.1. The first-order valence-corrected chi connectivity index (χ1v) is 5.54. The Morgan fingerprint density at radius 1 is 1.12 bits per heavy atom. The quantitative estimate of drug-likeness (QED) is 0.860. The average Bonchev–Trinajstić information content (AvgIpc) is 2.76. The lowest BCUT2D eigenvalue weighted by Crippen LogP contribution is -2.08. The van der Waals surface area contributed by atoms with E-state index in [1.807, 2.05) is 29.8 Å². The molecule has 0 radical (unpaired) electrons. The molecule has 0 aliphatic heterocycles. The molecule has 1 aromatic carbocycles. The summed E-state index contributed by atoms with van der Waals surface area (Å²) in [6, 6.07) is 7.67. The minimum Gasteiger partial charge on any atom is -0.375 e. The zero-order chi connectivity index (χ0) is 12.3. The number of aromatic nitrogens is 1. The van der Waals surface area contributed by atoms with E-state index in [0.29, 0.717) is 6.54 Å². The molecule has 0 atom stereocenters. The summed E-state index contributed by atoms with van der Waals surface area (Å²) in [6.45, 7) is 3.26. The fraction of sp³-hybridized carbons (Fsp3) is 0.231. The highest BCUT2D eigenvalue weighted by Crippen LogP contribution is 2.18. The van der Waals surface area contributed by atoms with Crippen molar-refractivity contribution in [1.29, 1.82) is 0 Å². The molecule has 0 saturated carbocycles. The standard InChI is InChI=1S/C13H14F2N2/c1-2-17-8-4-5-10(17)9-16-13-11(14)6-3-7-12(13)15/h3-8,16H,2,9H2,1H3. The number of halogens is 2. The normalized spacial score (nSPS) is 10.5. The molecule has 2 nitrogen and oxygen atoms in total. The molecule has 1 N–H and O–H groups in total. The second-order valence-electron chi connectivity index (χ2n) is 3.74. The minimum absolute atomic E-state index is 0.0728. The maximum atomic E-state index is 13.4. The van der Waals surface area contributed by atoms with E-state index in [9.17, 15) is 8.78 Å². The predicted octanol–water partition coefficient (Wildman–Crippen LogP) is 3.40. The van der Waals surface area contributed by atoms with Gasteiger partial charge in [-0.25, -0.2) is 8.78 Å². The summed E-state index contributed by atoms with van der Waals surface area (Å²) in [6.07, 6.45) is 1.94. The van der Waals surface area contributed by atoms with Crippen LogP contribution in [0.2, 0.25) is 0 Å². The van der Waals surface area contributed by atoms with Gasteiger partial charge in [0.05, 0.1) is 6.54 Å². The lowest BCUT2D eigenvalue weighted by atomic mass is 10.3. The number of anilines is 1. The number of aryl methyl sites for hydroxylation is 1. The molecule has 1 heterocycles. The average molecular weight is 236 g/mol. The Morgan fingerprint density at radius 3 is 2.47 bits per heavy atom. The molecule has 0 aliphatic rings. The van der Waals surface area contributed by atoms with Gasteiger partial charge in [-0.15, -0.1) is 0 Å². The summed E-state index contributed by atoms with van der Waals surface area (Å²) in [5, 5.41) is 2.79. The largest absolute Gasteiger partial charge is 0.375 e. The van der Waals surface area contributed by atoms with Crippen molar-refractivity contribution in [3.05, 3.63) is 53.9 Å². The Balaban J connectivity index is 2.13. The Bertz CT molecular complexity index is 486. The number of hydrogen-bond donors (Lipinski definition) is 1. The SMILES string of the molecule is CCn1cccc1CNc1c(F)cccc1F. The first-order chi connectivity index (χ1) is 8.22. The molecule has 0 saturated heterocycles. The van der Waals surface area contributed by atoms with Gasteiger partial charge in [0.1, 0.15) is 17.3 Å². The molecule has 2 aromatic rings. The van der Waals surface area contributed by atoms with Gasteiger partial charge in [-0.1, -0.05) is 6.07 Å². The van der Waals surface area contributed by atoms with Crippen LogP contribution in [0.15, 0.2) is 36.5 Å². The topological polar surface area (TPSA) is 17.0 Å². The third-order valence-electron chi connectivity index (χ3n) is 2.67. The third-order valence-corrected chi connectivity index (χ3v) is 2.67. The Kier molecular flexibility index (Phi) is 3.42. The fourth-order valence-corrected chi connectivity index (χ4v) is 1.76. The van der Waals surface area contributed by atoms with Gasteiger partial charge in [-0.3, -0.25) is 0 Å². The van der Waals surface area contributed by atoms with Gasteiger partial charge in [0.15, 0.2) is 0 Å². The van der Waals surface area contributed by atoms with Crippen molar-refractivity contribution in [2.75, 3.05) is 5.32 Å². The van der Waals surface area contributed by atoms with Crippen LogP contribution < -0.4 is 5.32 Å². The summed E-state index contributed by atoms with van der Waals surface area (Å²) < 4.78 is 28.7. The van der Waals surface area contributed by atoms with Gasteiger partial charge in [-0.2, -0.15) is 0 Å². The molecule has 1 aromatic heterocycles. The highest BCUT2D eigenvalue weighted by molar-refractivity contribution is 5.46. The van der Waals surface area contributed by atoms with Crippen LogP contribution >= 0.6 is 0 Å². The van der Waals surface area contributed by atoms with Crippen molar-refractivity contribution < 1.29 is 8.78 Å². The summed E-state index contributed by atoms with van der Waals surface area (Å²) >= 11 is 0. The van der Waals surface area contributed by atoms with Crippen LogP contribution in [0, 0.1) is 11.6 Å². The zero-order valence-corrected chi connectivity index (χ0v) is 9.58. The van der Waals surface area contributed by atoms with E-state index >= 15 is 0 Å². The van der Waals surface area contributed by atoms with E-state index in [4.69, 9.17) is 0 Å². The molecule has 0 fully saturated rings. The number of hydrogen-bond acceptors (Lipinski definition) is 1. The van der Waals surface area contributed by atoms with Crippen molar-refractivity contribution in [2.45, 2.75) is 20.0 Å². The van der Waals surface area contributed by atoms with Gasteiger partial charge < -0.3 is 9.88 Å². The molecule has 0 aliphatic carbocycles. The van der Waals surface area contributed by atoms with Crippen LogP contribution in [0.1, 0.15) is 12.6 Å². The van der Waals surface area contributed by atoms with Gasteiger partial charge in [0, 0.05) is 18.4 Å². The number of nitrogens with zero attached hydrogens (tertiary/aromatic N) is 1. The second kappa shape index (κ2) is 4.99. The number of nitrogens with one attached hydrogen (secondary N) is 1. The van der Waals surface area contributed by atoms with Gasteiger partial charge >= 0.3 is 0 Å². The van der Waals surface area contributed by atoms with Gasteiger partial charge in [0.2, 0.25) is 0 Å². The first-order valence-electron chi connectivity index (χ1n) is 5.54. The molecule has 0 spiro atoms. The third kappa shape index (κ3) is 2.46. The summed E-state index contributed by atoms with van der Waals surface area (Å²) in [4.78, 5) is 0. The summed E-state index contributed by atoms with van der Waals surface area (Å²) in [5.74, 6) is -1.14. The number of benzene rings is 1. The molecule has 0 unspecified atom stereocenters. The molecule has 90 valence electrons. The van der Waals surface area contributed by atoms with Crippen LogP contribution in [0.25, 0.3) is 0 Å². The molecular formula is C13H14F2N2. The smallest absolute Gasteiger partial charge is 0.149 e. The maximum absolute atomic E-state index is 13.4. The maximum Gasteiger partial charge on any atom is 0.149 e. The van der Waals surface area contributed by atoms with E-state index in [-0.39, 0.29) is 5.69 Å². The van der Waals surface area contributed by atoms with E-state index in [1.165, 1.54) is 18.2 Å². The van der Waals surface area contributed by atoms with Crippen LogP contribution in [0.4, 0.5) is 14.5 Å². The van der Waals surface area contributed by atoms with E-state index in [1.54, 1.807) is 0 Å². The Labute approximate surface area is 98.9 Å². The first kappa shape index (κ1) is 11.6. The molecule has 0 bridgehead atoms. The monoisotopic (exact) mass is 236 g/mol. The molecule has 2 rings (SSSR count). The van der Waals surface area contributed by atoms with Crippen LogP contribution in [0.3, 0.4) is 0 Å². The molecule has 4 heteroatoms. The second-order valence-corrected chi connectivity index (χ2v) is 3.74. The van der Waals surface area contributed by atoms with E-state index in [2.05, 4.69) is 5.32 Å². The van der Waals surface area contributed by atoms with Crippen molar-refractivity contribution in [1.82, 2.24) is 4.57 Å². The molecular weight excluding hydrogens is 222 g/mol. The predicted molar refractivity (Wildman–Crippen MR) is 63.8 cm³/mol. The van der Waals surface area contributed by atoms with E-state index in [0.717, 1.165) is 12.2 Å². The van der Waals surface area contributed by atoms with Crippen LogP contribution in [-0.2, 0) is 13.1 Å². The highest BCUT2D eigenvalue weighted by Gasteiger charge is 2.08. The van der Waals surface area contributed by atoms with Crippen molar-refractivity contribution in [2.24, 2.45) is 0 Å². The fourth-order valence-electron chi connectivity index (χ4n) is 1.76. The van der Waals surface area contributed by atoms with Gasteiger partial charge in [0.25, 0.3) is 0 Å². The number of rotatable bonds is 4. The van der Waals surface area contributed by atoms with E-state index < -0.39 is 11.6 Å².